The lowest BCUT2D eigenvalue weighted by atomic mass is 10.1. The molecule has 0 saturated heterocycles. The van der Waals surface area contributed by atoms with Gasteiger partial charge >= 0.3 is 0 Å². The van der Waals surface area contributed by atoms with Gasteiger partial charge in [0.05, 0.1) is 21.2 Å². The highest BCUT2D eigenvalue weighted by Gasteiger charge is 2.42. The number of hydrogen-bond donors (Lipinski definition) is 0. The molecule has 5 nitrogen and oxygen atoms in total. The first kappa shape index (κ1) is 18.7. The Morgan fingerprint density at radius 2 is 1.62 bits per heavy atom. The van der Waals surface area contributed by atoms with Crippen LogP contribution in [-0.2, 0) is 4.79 Å². The molecule has 2 rings (SSSR count). The number of hydrogen-bond acceptors (Lipinski definition) is 3. The zero-order chi connectivity index (χ0) is 18.0. The summed E-state index contributed by atoms with van der Waals surface area (Å²) in [7, 11) is 0. The van der Waals surface area contributed by atoms with Gasteiger partial charge in [0.2, 0.25) is 5.91 Å². The number of carbonyl (C=O) groups excluding carboxylic acids is 3. The first-order chi connectivity index (χ1) is 11.3. The molecule has 1 heterocycles. The van der Waals surface area contributed by atoms with Crippen molar-refractivity contribution >= 4 is 40.9 Å². The zero-order valence-electron chi connectivity index (χ0n) is 13.9. The zero-order valence-corrected chi connectivity index (χ0v) is 15.4. The van der Waals surface area contributed by atoms with Gasteiger partial charge in [0.15, 0.2) is 0 Å². The second-order valence-corrected chi connectivity index (χ2v) is 6.55. The van der Waals surface area contributed by atoms with Crippen LogP contribution in [0.2, 0.25) is 10.0 Å². The van der Waals surface area contributed by atoms with Crippen LogP contribution in [0.3, 0.4) is 0 Å². The van der Waals surface area contributed by atoms with Crippen LogP contribution in [0, 0.1) is 0 Å². The SMILES string of the molecule is CCCCN(CC)C(=O)C(C)N1C(=O)c2cc(Cl)c(Cl)cc2C1=O. The summed E-state index contributed by atoms with van der Waals surface area (Å²) in [6.45, 7) is 6.63. The average molecular weight is 371 g/mol. The summed E-state index contributed by atoms with van der Waals surface area (Å²) >= 11 is 11.9. The molecule has 1 aliphatic heterocycles. The van der Waals surface area contributed by atoms with Gasteiger partial charge in [-0.2, -0.15) is 0 Å². The molecule has 0 spiro atoms. The van der Waals surface area contributed by atoms with Crippen molar-refractivity contribution < 1.29 is 14.4 Å². The molecule has 1 atom stereocenters. The topological polar surface area (TPSA) is 57.7 Å². The van der Waals surface area contributed by atoms with E-state index in [1.165, 1.54) is 12.1 Å². The van der Waals surface area contributed by atoms with Gasteiger partial charge < -0.3 is 4.90 Å². The van der Waals surface area contributed by atoms with Gasteiger partial charge in [0.25, 0.3) is 11.8 Å². The monoisotopic (exact) mass is 370 g/mol. The number of rotatable bonds is 6. The molecule has 3 amide bonds. The lowest BCUT2D eigenvalue weighted by molar-refractivity contribution is -0.134. The van der Waals surface area contributed by atoms with E-state index in [0.29, 0.717) is 13.1 Å². The molecule has 1 aromatic carbocycles. The van der Waals surface area contributed by atoms with Crippen molar-refractivity contribution in [1.29, 1.82) is 0 Å². The number of amides is 3. The Hall–Kier alpha value is -1.59. The van der Waals surface area contributed by atoms with Crippen LogP contribution in [0.4, 0.5) is 0 Å². The van der Waals surface area contributed by atoms with Crippen LogP contribution in [0.5, 0.6) is 0 Å². The van der Waals surface area contributed by atoms with Gasteiger partial charge in [-0.05, 0) is 32.4 Å². The Kier molecular flexibility index (Phi) is 5.88. The maximum absolute atomic E-state index is 12.7. The van der Waals surface area contributed by atoms with Gasteiger partial charge in [-0.15, -0.1) is 0 Å². The van der Waals surface area contributed by atoms with E-state index in [4.69, 9.17) is 23.2 Å². The molecular weight excluding hydrogens is 351 g/mol. The second kappa shape index (κ2) is 7.53. The van der Waals surface area contributed by atoms with Crippen LogP contribution in [-0.4, -0.2) is 46.7 Å². The van der Waals surface area contributed by atoms with E-state index in [2.05, 4.69) is 0 Å². The first-order valence-electron chi connectivity index (χ1n) is 7.99. The standard InChI is InChI=1S/C17H20Cl2N2O3/c1-4-6-7-20(5-2)15(22)10(3)21-16(23)11-8-13(18)14(19)9-12(11)17(21)24/h8-10H,4-7H2,1-3H3. The molecule has 1 aromatic rings. The second-order valence-electron chi connectivity index (χ2n) is 5.74. The van der Waals surface area contributed by atoms with E-state index < -0.39 is 17.9 Å². The number of imide groups is 1. The fraction of sp³-hybridized carbons (Fsp3) is 0.471. The maximum Gasteiger partial charge on any atom is 0.262 e. The molecular formula is C17H20Cl2N2O3. The molecule has 0 bridgehead atoms. The number of nitrogens with zero attached hydrogens (tertiary/aromatic N) is 2. The molecule has 0 N–H and O–H groups in total. The summed E-state index contributed by atoms with van der Waals surface area (Å²) < 4.78 is 0. The third kappa shape index (κ3) is 3.28. The fourth-order valence-corrected chi connectivity index (χ4v) is 3.08. The van der Waals surface area contributed by atoms with Crippen LogP contribution >= 0.6 is 23.2 Å². The normalized spacial score (nSPS) is 14.8. The van der Waals surface area contributed by atoms with Crippen molar-refractivity contribution in [2.75, 3.05) is 13.1 Å². The highest BCUT2D eigenvalue weighted by molar-refractivity contribution is 6.43. The third-order valence-electron chi connectivity index (χ3n) is 4.18. The molecule has 0 radical (unpaired) electrons. The summed E-state index contributed by atoms with van der Waals surface area (Å²) in [5.74, 6) is -1.26. The summed E-state index contributed by atoms with van der Waals surface area (Å²) in [6.07, 6.45) is 1.84. The van der Waals surface area contributed by atoms with Gasteiger partial charge in [-0.25, -0.2) is 0 Å². The van der Waals surface area contributed by atoms with E-state index in [1.54, 1.807) is 11.8 Å². The van der Waals surface area contributed by atoms with Crippen LogP contribution in [0.25, 0.3) is 0 Å². The predicted molar refractivity (Wildman–Crippen MR) is 93.6 cm³/mol. The van der Waals surface area contributed by atoms with E-state index in [9.17, 15) is 14.4 Å². The summed E-state index contributed by atoms with van der Waals surface area (Å²) in [6, 6.07) is 1.89. The minimum Gasteiger partial charge on any atom is -0.341 e. The Morgan fingerprint density at radius 3 is 2.04 bits per heavy atom. The van der Waals surface area contributed by atoms with Crippen molar-refractivity contribution in [3.63, 3.8) is 0 Å². The molecule has 130 valence electrons. The molecule has 7 heteroatoms. The van der Waals surface area contributed by atoms with Crippen molar-refractivity contribution in [2.45, 2.75) is 39.7 Å². The number of fused-ring (bicyclic) bond motifs is 1. The molecule has 24 heavy (non-hydrogen) atoms. The number of likely N-dealkylation sites (N-methyl/N-ethyl adjacent to an activating group) is 1. The summed E-state index contributed by atoms with van der Waals surface area (Å²) in [5.41, 5.74) is 0.372. The van der Waals surface area contributed by atoms with Gasteiger partial charge in [0, 0.05) is 13.1 Å². The number of carbonyl (C=O) groups is 3. The van der Waals surface area contributed by atoms with Crippen LogP contribution in [0.1, 0.15) is 54.3 Å². The first-order valence-corrected chi connectivity index (χ1v) is 8.74. The molecule has 1 aliphatic rings. The van der Waals surface area contributed by atoms with Crippen molar-refractivity contribution in [2.24, 2.45) is 0 Å². The number of halogens is 2. The fourth-order valence-electron chi connectivity index (χ4n) is 2.75. The van der Waals surface area contributed by atoms with Crippen molar-refractivity contribution in [3.05, 3.63) is 33.3 Å². The Labute approximate surface area is 151 Å². The highest BCUT2D eigenvalue weighted by Crippen LogP contribution is 2.32. The van der Waals surface area contributed by atoms with Gasteiger partial charge in [-0.1, -0.05) is 36.5 Å². The molecule has 0 aliphatic carbocycles. The number of benzene rings is 1. The lowest BCUT2D eigenvalue weighted by Crippen LogP contribution is -2.49. The molecule has 0 saturated carbocycles. The van der Waals surface area contributed by atoms with Crippen LogP contribution in [0.15, 0.2) is 12.1 Å². The molecule has 0 aromatic heterocycles. The quantitative estimate of drug-likeness (QED) is 0.718. The van der Waals surface area contributed by atoms with Crippen molar-refractivity contribution in [1.82, 2.24) is 9.80 Å². The van der Waals surface area contributed by atoms with Crippen molar-refractivity contribution in [3.8, 4) is 0 Å². The third-order valence-corrected chi connectivity index (χ3v) is 4.90. The van der Waals surface area contributed by atoms with Gasteiger partial charge in [0.1, 0.15) is 6.04 Å². The smallest absolute Gasteiger partial charge is 0.262 e. The maximum atomic E-state index is 12.7. The summed E-state index contributed by atoms with van der Waals surface area (Å²) in [4.78, 5) is 40.5. The molecule has 1 unspecified atom stereocenters. The van der Waals surface area contributed by atoms with Crippen LogP contribution < -0.4 is 0 Å². The average Bonchev–Trinajstić information content (AvgIpc) is 2.79. The largest absolute Gasteiger partial charge is 0.341 e. The van der Waals surface area contributed by atoms with E-state index in [-0.39, 0.29) is 27.1 Å². The Morgan fingerprint density at radius 1 is 1.12 bits per heavy atom. The Balaban J connectivity index is 2.28. The van der Waals surface area contributed by atoms with E-state index >= 15 is 0 Å². The summed E-state index contributed by atoms with van der Waals surface area (Å²) in [5, 5.41) is 0.408. The minimum absolute atomic E-state index is 0.186. The highest BCUT2D eigenvalue weighted by atomic mass is 35.5. The lowest BCUT2D eigenvalue weighted by Gasteiger charge is -2.28. The van der Waals surface area contributed by atoms with Gasteiger partial charge in [-0.3, -0.25) is 19.3 Å². The number of unbranched alkanes of at least 4 members (excludes halogenated alkanes) is 1. The minimum atomic E-state index is -0.869. The van der Waals surface area contributed by atoms with E-state index in [0.717, 1.165) is 17.7 Å². The Bertz CT molecular complexity index is 650. The molecule has 0 fully saturated rings. The van der Waals surface area contributed by atoms with E-state index in [1.807, 2.05) is 13.8 Å². The predicted octanol–water partition coefficient (Wildman–Crippen LogP) is 3.63.